The molecule has 150 valence electrons. The van der Waals surface area contributed by atoms with Crippen LogP contribution in [0.25, 0.3) is 0 Å². The SMILES string of the molecule is CCOC(=O)CCNC(=O)NCCCN1C(=O)c2ccc([N+](=O)[O-])cc2C1=O. The number of fused-ring (bicyclic) bond motifs is 1. The molecule has 0 atom stereocenters. The fourth-order valence-corrected chi connectivity index (χ4v) is 2.61. The second-order valence-electron chi connectivity index (χ2n) is 5.84. The summed E-state index contributed by atoms with van der Waals surface area (Å²) in [5.74, 6) is -1.52. The highest BCUT2D eigenvalue weighted by molar-refractivity contribution is 6.21. The normalized spacial score (nSPS) is 12.5. The zero-order chi connectivity index (χ0) is 20.7. The van der Waals surface area contributed by atoms with Crippen LogP contribution in [0.3, 0.4) is 0 Å². The Kier molecular flexibility index (Phi) is 7.02. The van der Waals surface area contributed by atoms with Crippen molar-refractivity contribution in [2.45, 2.75) is 19.8 Å². The molecule has 0 unspecified atom stereocenters. The first kappa shape index (κ1) is 20.8. The molecule has 1 aliphatic rings. The molecule has 0 aliphatic carbocycles. The van der Waals surface area contributed by atoms with E-state index in [0.29, 0.717) is 6.42 Å². The number of esters is 1. The van der Waals surface area contributed by atoms with E-state index >= 15 is 0 Å². The number of hydrogen-bond donors (Lipinski definition) is 2. The van der Waals surface area contributed by atoms with E-state index in [1.807, 2.05) is 0 Å². The molecule has 11 heteroatoms. The number of nitrogens with zero attached hydrogens (tertiary/aromatic N) is 2. The average molecular weight is 392 g/mol. The maximum Gasteiger partial charge on any atom is 0.314 e. The molecule has 1 heterocycles. The molecule has 0 fully saturated rings. The van der Waals surface area contributed by atoms with Crippen LogP contribution in [0.4, 0.5) is 10.5 Å². The highest BCUT2D eigenvalue weighted by Gasteiger charge is 2.36. The quantitative estimate of drug-likeness (QED) is 0.208. The summed E-state index contributed by atoms with van der Waals surface area (Å²) in [7, 11) is 0. The van der Waals surface area contributed by atoms with Gasteiger partial charge in [-0.05, 0) is 19.4 Å². The number of nitro benzene ring substituents is 1. The molecule has 11 nitrogen and oxygen atoms in total. The van der Waals surface area contributed by atoms with E-state index in [4.69, 9.17) is 4.74 Å². The van der Waals surface area contributed by atoms with Crippen LogP contribution in [0.2, 0.25) is 0 Å². The molecule has 0 spiro atoms. The van der Waals surface area contributed by atoms with Gasteiger partial charge in [0.25, 0.3) is 17.5 Å². The largest absolute Gasteiger partial charge is 0.466 e. The third kappa shape index (κ3) is 5.02. The number of benzene rings is 1. The third-order valence-electron chi connectivity index (χ3n) is 3.93. The molecular weight excluding hydrogens is 372 g/mol. The zero-order valence-electron chi connectivity index (χ0n) is 15.2. The maximum atomic E-state index is 12.3. The highest BCUT2D eigenvalue weighted by atomic mass is 16.6. The second kappa shape index (κ2) is 9.44. The van der Waals surface area contributed by atoms with Crippen LogP contribution in [-0.2, 0) is 9.53 Å². The van der Waals surface area contributed by atoms with E-state index in [0.717, 1.165) is 11.0 Å². The van der Waals surface area contributed by atoms with E-state index < -0.39 is 28.7 Å². The highest BCUT2D eigenvalue weighted by Crippen LogP contribution is 2.26. The Hall–Kier alpha value is -3.50. The average Bonchev–Trinajstić information content (AvgIpc) is 2.89. The molecule has 4 amide bonds. The number of nitro groups is 1. The lowest BCUT2D eigenvalue weighted by Gasteiger charge is -2.14. The van der Waals surface area contributed by atoms with Crippen molar-refractivity contribution in [1.29, 1.82) is 0 Å². The van der Waals surface area contributed by atoms with Crippen LogP contribution < -0.4 is 10.6 Å². The number of urea groups is 1. The number of rotatable bonds is 9. The Morgan fingerprint density at radius 1 is 1.14 bits per heavy atom. The number of carbonyl (C=O) groups is 4. The molecule has 0 bridgehead atoms. The van der Waals surface area contributed by atoms with Crippen molar-refractivity contribution < 1.29 is 28.8 Å². The Morgan fingerprint density at radius 3 is 2.50 bits per heavy atom. The number of hydrogen-bond acceptors (Lipinski definition) is 7. The number of carbonyl (C=O) groups excluding carboxylic acids is 4. The van der Waals surface area contributed by atoms with Crippen LogP contribution in [0.1, 0.15) is 40.5 Å². The maximum absolute atomic E-state index is 12.3. The summed E-state index contributed by atoms with van der Waals surface area (Å²) in [6.07, 6.45) is 0.362. The van der Waals surface area contributed by atoms with Crippen molar-refractivity contribution in [1.82, 2.24) is 15.5 Å². The Bertz CT molecular complexity index is 809. The molecule has 1 aliphatic heterocycles. The molecule has 0 saturated heterocycles. The van der Waals surface area contributed by atoms with Gasteiger partial charge in [-0.1, -0.05) is 0 Å². The van der Waals surface area contributed by atoms with Gasteiger partial charge in [-0.25, -0.2) is 4.79 Å². The molecule has 0 saturated carbocycles. The van der Waals surface area contributed by atoms with Gasteiger partial charge in [0.1, 0.15) is 0 Å². The van der Waals surface area contributed by atoms with Gasteiger partial charge in [-0.15, -0.1) is 0 Å². The second-order valence-corrected chi connectivity index (χ2v) is 5.84. The summed E-state index contributed by atoms with van der Waals surface area (Å²) < 4.78 is 4.73. The fraction of sp³-hybridized carbons (Fsp3) is 0.412. The number of imide groups is 1. The van der Waals surface area contributed by atoms with E-state index in [2.05, 4.69) is 10.6 Å². The van der Waals surface area contributed by atoms with Crippen molar-refractivity contribution in [2.24, 2.45) is 0 Å². The van der Waals surface area contributed by atoms with Crippen LogP contribution in [0, 0.1) is 10.1 Å². The van der Waals surface area contributed by atoms with Crippen LogP contribution >= 0.6 is 0 Å². The van der Waals surface area contributed by atoms with Gasteiger partial charge in [0.05, 0.1) is 29.1 Å². The standard InChI is InChI=1S/C17H20N4O7/c1-2-28-14(22)6-8-19-17(25)18-7-3-9-20-15(23)12-5-4-11(21(26)27)10-13(12)16(20)24/h4-5,10H,2-3,6-9H2,1H3,(H2,18,19,25). The Balaban J connectivity index is 1.75. The number of non-ortho nitro benzene ring substituents is 1. The lowest BCUT2D eigenvalue weighted by molar-refractivity contribution is -0.384. The van der Waals surface area contributed by atoms with Gasteiger partial charge in [0.2, 0.25) is 0 Å². The van der Waals surface area contributed by atoms with Gasteiger partial charge in [0.15, 0.2) is 0 Å². The molecule has 0 radical (unpaired) electrons. The summed E-state index contributed by atoms with van der Waals surface area (Å²) in [4.78, 5) is 58.5. The molecule has 2 N–H and O–H groups in total. The van der Waals surface area contributed by atoms with Crippen LogP contribution in [-0.4, -0.2) is 59.9 Å². The van der Waals surface area contributed by atoms with Gasteiger partial charge in [0, 0.05) is 31.8 Å². The van der Waals surface area contributed by atoms with Crippen LogP contribution in [0.5, 0.6) is 0 Å². The number of nitrogens with one attached hydrogen (secondary N) is 2. The van der Waals surface area contributed by atoms with Crippen LogP contribution in [0.15, 0.2) is 18.2 Å². The predicted molar refractivity (Wildman–Crippen MR) is 95.7 cm³/mol. The molecule has 1 aromatic rings. The van der Waals surface area contributed by atoms with Crippen molar-refractivity contribution >= 4 is 29.5 Å². The minimum atomic E-state index is -0.634. The van der Waals surface area contributed by atoms with E-state index in [1.54, 1.807) is 6.92 Å². The molecule has 0 aromatic heterocycles. The third-order valence-corrected chi connectivity index (χ3v) is 3.93. The van der Waals surface area contributed by atoms with Gasteiger partial charge in [-0.3, -0.25) is 29.4 Å². The van der Waals surface area contributed by atoms with Gasteiger partial charge >= 0.3 is 12.0 Å². The molecular formula is C17H20N4O7. The topological polar surface area (TPSA) is 148 Å². The van der Waals surface area contributed by atoms with E-state index in [9.17, 15) is 29.3 Å². The molecule has 1 aromatic carbocycles. The van der Waals surface area contributed by atoms with Gasteiger partial charge < -0.3 is 15.4 Å². The lowest BCUT2D eigenvalue weighted by Crippen LogP contribution is -2.39. The summed E-state index contributed by atoms with van der Waals surface area (Å²) >= 11 is 0. The molecule has 28 heavy (non-hydrogen) atoms. The van der Waals surface area contributed by atoms with Crippen molar-refractivity contribution in [3.05, 3.63) is 39.4 Å². The van der Waals surface area contributed by atoms with Gasteiger partial charge in [-0.2, -0.15) is 0 Å². The lowest BCUT2D eigenvalue weighted by atomic mass is 10.1. The van der Waals surface area contributed by atoms with Crippen molar-refractivity contribution in [3.63, 3.8) is 0 Å². The fourth-order valence-electron chi connectivity index (χ4n) is 2.61. The summed E-state index contributed by atoms with van der Waals surface area (Å²) in [5, 5.41) is 15.8. The monoisotopic (exact) mass is 392 g/mol. The first-order chi connectivity index (χ1) is 13.3. The summed E-state index contributed by atoms with van der Waals surface area (Å²) in [6, 6.07) is 3.05. The first-order valence-corrected chi connectivity index (χ1v) is 8.67. The Labute approximate surface area is 160 Å². The zero-order valence-corrected chi connectivity index (χ0v) is 15.2. The van der Waals surface area contributed by atoms with Crippen molar-refractivity contribution in [2.75, 3.05) is 26.2 Å². The van der Waals surface area contributed by atoms with Crippen molar-refractivity contribution in [3.8, 4) is 0 Å². The predicted octanol–water partition coefficient (Wildman–Crippen LogP) is 0.833. The smallest absolute Gasteiger partial charge is 0.314 e. The van der Waals surface area contributed by atoms with E-state index in [1.165, 1.54) is 12.1 Å². The minimum absolute atomic E-state index is 0.00358. The summed E-state index contributed by atoms with van der Waals surface area (Å²) in [5.41, 5.74) is -0.132. The summed E-state index contributed by atoms with van der Waals surface area (Å²) in [6.45, 7) is 2.34. The minimum Gasteiger partial charge on any atom is -0.466 e. The molecule has 2 rings (SSSR count). The number of amides is 4. The first-order valence-electron chi connectivity index (χ1n) is 8.67. The van der Waals surface area contributed by atoms with E-state index in [-0.39, 0.29) is 49.5 Å². The number of ether oxygens (including phenoxy) is 1. The Morgan fingerprint density at radius 2 is 1.82 bits per heavy atom.